The molecule has 1 aliphatic rings. The molecule has 0 unspecified atom stereocenters. The number of nitrogens with zero attached hydrogens (tertiary/aromatic N) is 1. The molecule has 142 valence electrons. The van der Waals surface area contributed by atoms with Crippen molar-refractivity contribution in [3.63, 3.8) is 0 Å². The molecule has 9 heteroatoms. The van der Waals surface area contributed by atoms with Crippen LogP contribution in [-0.2, 0) is 27.2 Å². The first-order chi connectivity index (χ1) is 13.0. The van der Waals surface area contributed by atoms with Gasteiger partial charge >= 0.3 is 17.8 Å². The van der Waals surface area contributed by atoms with Crippen LogP contribution in [0.25, 0.3) is 0 Å². The number of rotatable bonds is 5. The Bertz CT molecular complexity index is 912. The van der Waals surface area contributed by atoms with Gasteiger partial charge in [0.05, 0.1) is 18.4 Å². The van der Waals surface area contributed by atoms with E-state index in [2.05, 4.69) is 15.8 Å². The van der Waals surface area contributed by atoms with E-state index in [0.29, 0.717) is 22.1 Å². The maximum Gasteiger partial charge on any atom is 0.341 e. The van der Waals surface area contributed by atoms with Crippen molar-refractivity contribution in [2.75, 3.05) is 11.9 Å². The van der Waals surface area contributed by atoms with E-state index in [-0.39, 0.29) is 6.61 Å². The molecule has 0 aliphatic heterocycles. The van der Waals surface area contributed by atoms with E-state index in [1.807, 2.05) is 0 Å². The molecule has 2 aromatic rings. The summed E-state index contributed by atoms with van der Waals surface area (Å²) < 4.78 is 10.4. The van der Waals surface area contributed by atoms with Gasteiger partial charge < -0.3 is 14.5 Å². The minimum absolute atomic E-state index is 0.234. The lowest BCUT2D eigenvalue weighted by molar-refractivity contribution is -0.136. The van der Waals surface area contributed by atoms with E-state index in [1.54, 1.807) is 26.0 Å². The molecule has 8 nitrogen and oxygen atoms in total. The Hall–Kier alpha value is -2.94. The second-order valence-electron chi connectivity index (χ2n) is 5.88. The third-order valence-electron chi connectivity index (χ3n) is 3.95. The second-order valence-corrected chi connectivity index (χ2v) is 6.99. The number of amides is 2. The van der Waals surface area contributed by atoms with Gasteiger partial charge in [-0.1, -0.05) is 0 Å². The topological polar surface area (TPSA) is 110 Å². The summed E-state index contributed by atoms with van der Waals surface area (Å²) in [5.41, 5.74) is 3.39. The molecule has 27 heavy (non-hydrogen) atoms. The highest BCUT2D eigenvalue weighted by Crippen LogP contribution is 2.39. The van der Waals surface area contributed by atoms with E-state index in [0.717, 1.165) is 29.7 Å². The van der Waals surface area contributed by atoms with Crippen LogP contribution in [0, 0.1) is 6.92 Å². The number of carbonyl (C=O) groups excluding carboxylic acids is 3. The molecule has 0 spiro atoms. The summed E-state index contributed by atoms with van der Waals surface area (Å²) >= 11 is 1.31. The molecule has 1 aliphatic carbocycles. The van der Waals surface area contributed by atoms with Crippen molar-refractivity contribution in [3.05, 3.63) is 39.7 Å². The Labute approximate surface area is 159 Å². The average molecular weight is 389 g/mol. The van der Waals surface area contributed by atoms with Crippen molar-refractivity contribution in [1.82, 2.24) is 5.43 Å². The van der Waals surface area contributed by atoms with E-state index in [4.69, 9.17) is 9.15 Å². The van der Waals surface area contributed by atoms with Gasteiger partial charge in [0.2, 0.25) is 0 Å². The number of hydrogen-bond donors (Lipinski definition) is 2. The number of carbonyl (C=O) groups is 3. The predicted octanol–water partition coefficient (Wildman–Crippen LogP) is 2.40. The number of esters is 1. The summed E-state index contributed by atoms with van der Waals surface area (Å²) in [7, 11) is 0. The van der Waals surface area contributed by atoms with Crippen LogP contribution in [0.15, 0.2) is 21.7 Å². The van der Waals surface area contributed by atoms with E-state index >= 15 is 0 Å². The van der Waals surface area contributed by atoms with Crippen molar-refractivity contribution in [1.29, 1.82) is 0 Å². The lowest BCUT2D eigenvalue weighted by atomic mass is 10.1. The van der Waals surface area contributed by atoms with Crippen molar-refractivity contribution in [3.8, 4) is 0 Å². The minimum Gasteiger partial charge on any atom is -0.462 e. The number of furan rings is 1. The molecule has 2 N–H and O–H groups in total. The van der Waals surface area contributed by atoms with Crippen LogP contribution < -0.4 is 10.7 Å². The zero-order chi connectivity index (χ0) is 19.4. The molecule has 0 atom stereocenters. The first kappa shape index (κ1) is 18.8. The van der Waals surface area contributed by atoms with Gasteiger partial charge in [-0.2, -0.15) is 5.10 Å². The SMILES string of the molecule is CCOC(=O)c1c(NC(=O)C(=O)NN=Cc2ccc(C)o2)sc2c1CCC2. The van der Waals surface area contributed by atoms with E-state index in [1.165, 1.54) is 17.6 Å². The smallest absolute Gasteiger partial charge is 0.341 e. The zero-order valence-corrected chi connectivity index (χ0v) is 15.8. The van der Waals surface area contributed by atoms with E-state index in [9.17, 15) is 14.4 Å². The van der Waals surface area contributed by atoms with Gasteiger partial charge in [-0.25, -0.2) is 10.2 Å². The van der Waals surface area contributed by atoms with Crippen LogP contribution in [0.1, 0.15) is 45.7 Å². The maximum absolute atomic E-state index is 12.3. The molecule has 3 rings (SSSR count). The third kappa shape index (κ3) is 4.25. The predicted molar refractivity (Wildman–Crippen MR) is 100 cm³/mol. The Balaban J connectivity index is 1.67. The lowest BCUT2D eigenvalue weighted by Crippen LogP contribution is -2.32. The molecule has 0 bridgehead atoms. The number of nitrogens with one attached hydrogen (secondary N) is 2. The highest BCUT2D eigenvalue weighted by atomic mass is 32.1. The van der Waals surface area contributed by atoms with Crippen LogP contribution in [0.4, 0.5) is 5.00 Å². The van der Waals surface area contributed by atoms with Crippen LogP contribution >= 0.6 is 11.3 Å². The van der Waals surface area contributed by atoms with Gasteiger partial charge in [0.1, 0.15) is 16.5 Å². The molecular weight excluding hydrogens is 370 g/mol. The Morgan fingerprint density at radius 2 is 2.11 bits per heavy atom. The van der Waals surface area contributed by atoms with Crippen LogP contribution in [0.3, 0.4) is 0 Å². The standard InChI is InChI=1S/C18H19N3O5S/c1-3-25-18(24)14-12-5-4-6-13(12)27-17(14)20-15(22)16(23)21-19-9-11-8-7-10(2)26-11/h7-9H,3-6H2,1-2H3,(H,20,22)(H,21,23). The maximum atomic E-state index is 12.3. The highest BCUT2D eigenvalue weighted by Gasteiger charge is 2.29. The Kier molecular flexibility index (Phi) is 5.70. The molecule has 2 heterocycles. The summed E-state index contributed by atoms with van der Waals surface area (Å²) in [4.78, 5) is 37.4. The lowest BCUT2D eigenvalue weighted by Gasteiger charge is -2.07. The van der Waals surface area contributed by atoms with Crippen LogP contribution in [-0.4, -0.2) is 30.6 Å². The number of hydrogen-bond acceptors (Lipinski definition) is 7. The molecule has 0 saturated carbocycles. The van der Waals surface area contributed by atoms with Gasteiger partial charge in [-0.15, -0.1) is 11.3 Å². The molecule has 0 fully saturated rings. The molecule has 0 saturated heterocycles. The number of hydrazone groups is 1. The summed E-state index contributed by atoms with van der Waals surface area (Å²) in [5, 5.41) is 6.53. The average Bonchev–Trinajstić information content (AvgIpc) is 3.31. The molecule has 0 aromatic carbocycles. The van der Waals surface area contributed by atoms with Gasteiger partial charge in [-0.05, 0) is 50.8 Å². The third-order valence-corrected chi connectivity index (χ3v) is 5.16. The zero-order valence-electron chi connectivity index (χ0n) is 15.0. The minimum atomic E-state index is -0.946. The number of anilines is 1. The highest BCUT2D eigenvalue weighted by molar-refractivity contribution is 7.17. The molecular formula is C18H19N3O5S. The monoisotopic (exact) mass is 389 g/mol. The molecule has 2 aromatic heterocycles. The van der Waals surface area contributed by atoms with Crippen LogP contribution in [0.2, 0.25) is 0 Å². The fraction of sp³-hybridized carbons (Fsp3) is 0.333. The number of fused-ring (bicyclic) bond motifs is 1. The first-order valence-electron chi connectivity index (χ1n) is 8.52. The molecule has 0 radical (unpaired) electrons. The Morgan fingerprint density at radius 1 is 1.30 bits per heavy atom. The summed E-state index contributed by atoms with van der Waals surface area (Å²) in [6.07, 6.45) is 3.86. The summed E-state index contributed by atoms with van der Waals surface area (Å²) in [5.74, 6) is -1.18. The van der Waals surface area contributed by atoms with Crippen LogP contribution in [0.5, 0.6) is 0 Å². The number of thiophene rings is 1. The quantitative estimate of drug-likeness (QED) is 0.353. The van der Waals surface area contributed by atoms with Crippen molar-refractivity contribution in [2.24, 2.45) is 5.10 Å². The summed E-state index contributed by atoms with van der Waals surface area (Å²) in [6, 6.07) is 3.44. The normalized spacial score (nSPS) is 12.8. The van der Waals surface area contributed by atoms with Crippen molar-refractivity contribution in [2.45, 2.75) is 33.1 Å². The van der Waals surface area contributed by atoms with Gasteiger partial charge in [0.25, 0.3) is 0 Å². The summed E-state index contributed by atoms with van der Waals surface area (Å²) in [6.45, 7) is 3.73. The largest absolute Gasteiger partial charge is 0.462 e. The fourth-order valence-electron chi connectivity index (χ4n) is 2.80. The van der Waals surface area contributed by atoms with Gasteiger partial charge in [0, 0.05) is 4.88 Å². The molecule has 2 amide bonds. The fourth-order valence-corrected chi connectivity index (χ4v) is 4.07. The van der Waals surface area contributed by atoms with Gasteiger partial charge in [0.15, 0.2) is 0 Å². The first-order valence-corrected chi connectivity index (χ1v) is 9.33. The van der Waals surface area contributed by atoms with Gasteiger partial charge in [-0.3, -0.25) is 9.59 Å². The Morgan fingerprint density at radius 3 is 2.81 bits per heavy atom. The second kappa shape index (κ2) is 8.17. The number of ether oxygens (including phenoxy) is 1. The van der Waals surface area contributed by atoms with Crippen molar-refractivity contribution >= 4 is 40.3 Å². The number of aryl methyl sites for hydroxylation is 2. The van der Waals surface area contributed by atoms with E-state index < -0.39 is 17.8 Å². The van der Waals surface area contributed by atoms with Crippen molar-refractivity contribution < 1.29 is 23.5 Å².